The fourth-order valence-corrected chi connectivity index (χ4v) is 2.82. The summed E-state index contributed by atoms with van der Waals surface area (Å²) in [7, 11) is 0. The van der Waals surface area contributed by atoms with Crippen LogP contribution < -0.4 is 10.9 Å². The van der Waals surface area contributed by atoms with Crippen molar-refractivity contribution in [3.05, 3.63) is 40.4 Å². The molecule has 1 aromatic heterocycles. The second-order valence-corrected chi connectivity index (χ2v) is 6.20. The zero-order valence-corrected chi connectivity index (χ0v) is 13.2. The summed E-state index contributed by atoms with van der Waals surface area (Å²) in [5, 5.41) is 12.6. The zero-order valence-electron chi connectivity index (χ0n) is 13.2. The SMILES string of the molecule is Cc1nc2ccccc2c(=O)n1CC(=O)N[C@](C)(C#N)C1CC1. The maximum atomic E-state index is 12.5. The van der Waals surface area contributed by atoms with Gasteiger partial charge in [0.1, 0.15) is 17.9 Å². The van der Waals surface area contributed by atoms with E-state index in [1.54, 1.807) is 32.0 Å². The number of rotatable bonds is 4. The monoisotopic (exact) mass is 310 g/mol. The van der Waals surface area contributed by atoms with Gasteiger partial charge >= 0.3 is 0 Å². The minimum atomic E-state index is -0.862. The summed E-state index contributed by atoms with van der Waals surface area (Å²) in [5.41, 5.74) is -0.487. The fourth-order valence-electron chi connectivity index (χ4n) is 2.82. The van der Waals surface area contributed by atoms with Gasteiger partial charge in [0, 0.05) is 0 Å². The van der Waals surface area contributed by atoms with Crippen molar-refractivity contribution in [3.63, 3.8) is 0 Å². The maximum Gasteiger partial charge on any atom is 0.261 e. The number of carbonyl (C=O) groups excluding carboxylic acids is 1. The Labute approximate surface area is 133 Å². The van der Waals surface area contributed by atoms with Gasteiger partial charge in [0.2, 0.25) is 5.91 Å². The lowest BCUT2D eigenvalue weighted by molar-refractivity contribution is -0.123. The van der Waals surface area contributed by atoms with Gasteiger partial charge in [-0.15, -0.1) is 0 Å². The molecule has 1 fully saturated rings. The van der Waals surface area contributed by atoms with Crippen molar-refractivity contribution in [3.8, 4) is 6.07 Å². The number of nitrogens with zero attached hydrogens (tertiary/aromatic N) is 3. The van der Waals surface area contributed by atoms with Gasteiger partial charge in [-0.05, 0) is 44.7 Å². The van der Waals surface area contributed by atoms with E-state index in [-0.39, 0.29) is 23.9 Å². The minimum absolute atomic E-state index is 0.132. The molecule has 0 bridgehead atoms. The van der Waals surface area contributed by atoms with E-state index in [0.717, 1.165) is 12.8 Å². The summed E-state index contributed by atoms with van der Waals surface area (Å²) in [6, 6.07) is 9.24. The van der Waals surface area contributed by atoms with Gasteiger partial charge in [-0.2, -0.15) is 5.26 Å². The fraction of sp³-hybridized carbons (Fsp3) is 0.412. The molecular formula is C17H18N4O2. The topological polar surface area (TPSA) is 87.8 Å². The molecule has 1 atom stereocenters. The average Bonchev–Trinajstić information content (AvgIpc) is 3.36. The van der Waals surface area contributed by atoms with Crippen LogP contribution in [0.1, 0.15) is 25.6 Å². The summed E-state index contributed by atoms with van der Waals surface area (Å²) in [4.78, 5) is 29.2. The first kappa shape index (κ1) is 15.2. The van der Waals surface area contributed by atoms with Crippen LogP contribution in [0.15, 0.2) is 29.1 Å². The van der Waals surface area contributed by atoms with Gasteiger partial charge in [0.05, 0.1) is 17.0 Å². The molecule has 1 saturated carbocycles. The molecule has 118 valence electrons. The Bertz CT molecular complexity index is 876. The molecule has 0 saturated heterocycles. The third kappa shape index (κ3) is 2.82. The van der Waals surface area contributed by atoms with Crippen molar-refractivity contribution >= 4 is 16.8 Å². The largest absolute Gasteiger partial charge is 0.336 e. The number of aromatic nitrogens is 2. The Morgan fingerprint density at radius 1 is 1.48 bits per heavy atom. The normalized spacial score (nSPS) is 16.6. The number of fused-ring (bicyclic) bond motifs is 1. The highest BCUT2D eigenvalue weighted by Crippen LogP contribution is 2.39. The van der Waals surface area contributed by atoms with Gasteiger partial charge < -0.3 is 5.32 Å². The molecule has 2 aromatic rings. The van der Waals surface area contributed by atoms with Gasteiger partial charge in [0.25, 0.3) is 5.56 Å². The Morgan fingerprint density at radius 3 is 2.83 bits per heavy atom. The van der Waals surface area contributed by atoms with Crippen LogP contribution in [0.5, 0.6) is 0 Å². The molecule has 0 spiro atoms. The van der Waals surface area contributed by atoms with Gasteiger partial charge in [-0.25, -0.2) is 4.98 Å². The molecule has 1 N–H and O–H groups in total. The molecule has 23 heavy (non-hydrogen) atoms. The number of hydrogen-bond acceptors (Lipinski definition) is 4. The number of amides is 1. The van der Waals surface area contributed by atoms with Crippen molar-refractivity contribution in [2.45, 2.75) is 38.8 Å². The average molecular weight is 310 g/mol. The van der Waals surface area contributed by atoms with Crippen LogP contribution >= 0.6 is 0 Å². The van der Waals surface area contributed by atoms with Crippen molar-refractivity contribution in [1.29, 1.82) is 5.26 Å². The van der Waals surface area contributed by atoms with E-state index in [1.807, 2.05) is 6.07 Å². The Hall–Kier alpha value is -2.68. The zero-order chi connectivity index (χ0) is 16.6. The molecule has 6 nitrogen and oxygen atoms in total. The van der Waals surface area contributed by atoms with E-state index in [1.165, 1.54) is 4.57 Å². The molecule has 1 aliphatic carbocycles. The molecule has 1 amide bonds. The van der Waals surface area contributed by atoms with Crippen LogP contribution in [-0.2, 0) is 11.3 Å². The third-order valence-electron chi connectivity index (χ3n) is 4.38. The molecule has 1 heterocycles. The minimum Gasteiger partial charge on any atom is -0.336 e. The lowest BCUT2D eigenvalue weighted by atomic mass is 9.98. The number of benzene rings is 1. The molecule has 0 radical (unpaired) electrons. The predicted molar refractivity (Wildman–Crippen MR) is 85.6 cm³/mol. The van der Waals surface area contributed by atoms with Crippen LogP contribution in [0.25, 0.3) is 10.9 Å². The highest BCUT2D eigenvalue weighted by atomic mass is 16.2. The summed E-state index contributed by atoms with van der Waals surface area (Å²) < 4.78 is 1.35. The second kappa shape index (κ2) is 5.51. The predicted octanol–water partition coefficient (Wildman–Crippen LogP) is 1.51. The molecule has 0 aliphatic heterocycles. The number of carbonyl (C=O) groups is 1. The lowest BCUT2D eigenvalue weighted by Gasteiger charge is -2.23. The van der Waals surface area contributed by atoms with Crippen LogP contribution in [0.4, 0.5) is 0 Å². The highest BCUT2D eigenvalue weighted by molar-refractivity contribution is 5.79. The second-order valence-electron chi connectivity index (χ2n) is 6.20. The first-order valence-corrected chi connectivity index (χ1v) is 7.63. The number of nitrogens with one attached hydrogen (secondary N) is 1. The Balaban J connectivity index is 1.88. The quantitative estimate of drug-likeness (QED) is 0.927. The Kier molecular flexibility index (Phi) is 3.64. The van der Waals surface area contributed by atoms with Gasteiger partial charge in [0.15, 0.2) is 0 Å². The number of hydrogen-bond donors (Lipinski definition) is 1. The van der Waals surface area contributed by atoms with Crippen molar-refractivity contribution in [2.24, 2.45) is 5.92 Å². The van der Waals surface area contributed by atoms with E-state index in [4.69, 9.17) is 0 Å². The first-order valence-electron chi connectivity index (χ1n) is 7.63. The summed E-state index contributed by atoms with van der Waals surface area (Å²) in [6.07, 6.45) is 1.89. The Morgan fingerprint density at radius 2 is 2.17 bits per heavy atom. The third-order valence-corrected chi connectivity index (χ3v) is 4.38. The summed E-state index contributed by atoms with van der Waals surface area (Å²) >= 11 is 0. The van der Waals surface area contributed by atoms with E-state index >= 15 is 0 Å². The van der Waals surface area contributed by atoms with Crippen LogP contribution in [0.2, 0.25) is 0 Å². The molecule has 1 aliphatic rings. The number of aryl methyl sites for hydroxylation is 1. The van der Waals surface area contributed by atoms with Crippen LogP contribution in [0, 0.1) is 24.2 Å². The maximum absolute atomic E-state index is 12.5. The summed E-state index contributed by atoms with van der Waals surface area (Å²) in [5.74, 6) is 0.334. The molecule has 3 rings (SSSR count). The highest BCUT2D eigenvalue weighted by Gasteiger charge is 2.43. The van der Waals surface area contributed by atoms with Crippen LogP contribution in [-0.4, -0.2) is 21.0 Å². The summed E-state index contributed by atoms with van der Waals surface area (Å²) in [6.45, 7) is 3.30. The van der Waals surface area contributed by atoms with Gasteiger partial charge in [-0.3, -0.25) is 14.2 Å². The standard InChI is InChI=1S/C17H18N4O2/c1-11-19-14-6-4-3-5-13(14)16(23)21(11)9-15(22)20-17(2,10-18)12-7-8-12/h3-6,12H,7-9H2,1-2H3,(H,20,22)/t17-/m1/s1. The van der Waals surface area contributed by atoms with Crippen molar-refractivity contribution in [2.75, 3.05) is 0 Å². The van der Waals surface area contributed by atoms with Gasteiger partial charge in [-0.1, -0.05) is 12.1 Å². The van der Waals surface area contributed by atoms with Crippen molar-refractivity contribution in [1.82, 2.24) is 14.9 Å². The van der Waals surface area contributed by atoms with E-state index in [9.17, 15) is 14.9 Å². The number of nitriles is 1. The first-order chi connectivity index (χ1) is 10.9. The van der Waals surface area contributed by atoms with Crippen LogP contribution in [0.3, 0.4) is 0 Å². The molecule has 1 aromatic carbocycles. The number of para-hydroxylation sites is 1. The van der Waals surface area contributed by atoms with E-state index in [0.29, 0.717) is 16.7 Å². The molecule has 0 unspecified atom stereocenters. The molecule has 6 heteroatoms. The van der Waals surface area contributed by atoms with E-state index < -0.39 is 5.54 Å². The van der Waals surface area contributed by atoms with Crippen molar-refractivity contribution < 1.29 is 4.79 Å². The van der Waals surface area contributed by atoms with E-state index in [2.05, 4.69) is 16.4 Å². The molecular weight excluding hydrogens is 292 g/mol. The lowest BCUT2D eigenvalue weighted by Crippen LogP contribution is -2.48. The smallest absolute Gasteiger partial charge is 0.261 e.